The summed E-state index contributed by atoms with van der Waals surface area (Å²) < 4.78 is 67.7. The molecule has 0 saturated heterocycles. The standard InChI is InChI=1S/C18H19F2N5O3S2/c1-18(6-3-4-11(18)14-5-7-22-25(14)2)28-15-8-13(20)16(9-12(15)19)30(26,27)24-17-21-10-23-29-17/h5,7-11H,3-4,6H2,1-2H3,(H,21,23,24)/t11-,18-/m1/s1. The Hall–Kier alpha value is -2.60. The maximum absolute atomic E-state index is 14.8. The van der Waals surface area contributed by atoms with Gasteiger partial charge in [0, 0.05) is 48.5 Å². The molecule has 1 aromatic carbocycles. The molecule has 0 bridgehead atoms. The zero-order valence-electron chi connectivity index (χ0n) is 16.2. The van der Waals surface area contributed by atoms with Crippen LogP contribution in [-0.2, 0) is 17.1 Å². The molecule has 3 aromatic rings. The summed E-state index contributed by atoms with van der Waals surface area (Å²) in [6, 6.07) is 3.27. The number of hydrogen-bond acceptors (Lipinski definition) is 7. The molecule has 1 fully saturated rings. The predicted octanol–water partition coefficient (Wildman–Crippen LogP) is 3.46. The number of ether oxygens (including phenoxy) is 1. The maximum atomic E-state index is 14.8. The van der Waals surface area contributed by atoms with Crippen LogP contribution in [0.25, 0.3) is 0 Å². The van der Waals surface area contributed by atoms with Gasteiger partial charge in [-0.2, -0.15) is 9.47 Å². The lowest BCUT2D eigenvalue weighted by Crippen LogP contribution is -2.36. The Labute approximate surface area is 176 Å². The first-order valence-electron chi connectivity index (χ1n) is 9.15. The number of nitrogens with one attached hydrogen (secondary N) is 1. The van der Waals surface area contributed by atoms with Gasteiger partial charge in [-0.05, 0) is 32.3 Å². The van der Waals surface area contributed by atoms with Gasteiger partial charge >= 0.3 is 0 Å². The van der Waals surface area contributed by atoms with Crippen LogP contribution >= 0.6 is 11.5 Å². The van der Waals surface area contributed by atoms with E-state index in [1.54, 1.807) is 10.9 Å². The van der Waals surface area contributed by atoms with E-state index in [-0.39, 0.29) is 16.8 Å². The van der Waals surface area contributed by atoms with E-state index in [0.29, 0.717) is 12.5 Å². The topological polar surface area (TPSA) is 99.0 Å². The summed E-state index contributed by atoms with van der Waals surface area (Å²) in [6.45, 7) is 1.84. The molecule has 0 aliphatic heterocycles. The molecule has 8 nitrogen and oxygen atoms in total. The minimum absolute atomic E-state index is 0.0485. The number of rotatable bonds is 6. The number of sulfonamides is 1. The molecule has 160 valence electrons. The van der Waals surface area contributed by atoms with Gasteiger partial charge in [0.2, 0.25) is 5.13 Å². The van der Waals surface area contributed by atoms with E-state index in [1.807, 2.05) is 20.0 Å². The molecule has 1 N–H and O–H groups in total. The fourth-order valence-corrected chi connectivity index (χ4v) is 5.61. The summed E-state index contributed by atoms with van der Waals surface area (Å²) in [5, 5.41) is 4.13. The first kappa shape index (κ1) is 20.7. The van der Waals surface area contributed by atoms with Gasteiger partial charge in [-0.25, -0.2) is 22.2 Å². The average molecular weight is 456 g/mol. The largest absolute Gasteiger partial charge is 0.484 e. The van der Waals surface area contributed by atoms with Crippen molar-refractivity contribution in [2.24, 2.45) is 7.05 Å². The smallest absolute Gasteiger partial charge is 0.266 e. The predicted molar refractivity (Wildman–Crippen MR) is 106 cm³/mol. The first-order valence-corrected chi connectivity index (χ1v) is 11.4. The average Bonchev–Trinajstić information content (AvgIpc) is 3.39. The summed E-state index contributed by atoms with van der Waals surface area (Å²) in [7, 11) is -2.55. The van der Waals surface area contributed by atoms with Crippen LogP contribution in [0.15, 0.2) is 35.6 Å². The van der Waals surface area contributed by atoms with Gasteiger partial charge in [0.1, 0.15) is 22.6 Å². The van der Waals surface area contributed by atoms with Crippen molar-refractivity contribution >= 4 is 26.7 Å². The molecule has 0 radical (unpaired) electrons. The molecular formula is C18H19F2N5O3S2. The van der Waals surface area contributed by atoms with Gasteiger partial charge in [-0.1, -0.05) is 0 Å². The van der Waals surface area contributed by atoms with Crippen molar-refractivity contribution in [3.8, 4) is 5.75 Å². The molecule has 30 heavy (non-hydrogen) atoms. The normalized spacial score (nSPS) is 21.7. The SMILES string of the molecule is Cn1nccc1[C@H]1CCC[C@@]1(C)Oc1cc(F)c(S(=O)(=O)Nc2ncns2)cc1F. The fraction of sp³-hybridized carbons (Fsp3) is 0.389. The van der Waals surface area contributed by atoms with E-state index in [9.17, 15) is 17.2 Å². The zero-order valence-corrected chi connectivity index (χ0v) is 17.8. The number of nitrogens with zero attached hydrogens (tertiary/aromatic N) is 4. The Morgan fingerprint density at radius 2 is 2.13 bits per heavy atom. The highest BCUT2D eigenvalue weighted by Gasteiger charge is 2.44. The minimum atomic E-state index is -4.37. The van der Waals surface area contributed by atoms with Crippen molar-refractivity contribution in [3.63, 3.8) is 0 Å². The molecule has 2 aromatic heterocycles. The highest BCUT2D eigenvalue weighted by atomic mass is 32.2. The molecule has 1 aliphatic carbocycles. The molecular weight excluding hydrogens is 436 g/mol. The monoisotopic (exact) mass is 455 g/mol. The second-order valence-corrected chi connectivity index (χ2v) is 9.74. The Morgan fingerprint density at radius 3 is 2.80 bits per heavy atom. The highest BCUT2D eigenvalue weighted by molar-refractivity contribution is 7.93. The van der Waals surface area contributed by atoms with Crippen molar-refractivity contribution < 1.29 is 21.9 Å². The molecule has 1 aliphatic rings. The molecule has 4 rings (SSSR count). The van der Waals surface area contributed by atoms with Crippen LogP contribution in [0.4, 0.5) is 13.9 Å². The third kappa shape index (κ3) is 3.76. The van der Waals surface area contributed by atoms with Gasteiger partial charge in [0.15, 0.2) is 11.6 Å². The fourth-order valence-electron chi connectivity index (χ4n) is 3.88. The number of benzene rings is 1. The number of hydrogen-bond donors (Lipinski definition) is 1. The van der Waals surface area contributed by atoms with E-state index < -0.39 is 32.2 Å². The van der Waals surface area contributed by atoms with Crippen molar-refractivity contribution in [2.45, 2.75) is 42.6 Å². The maximum Gasteiger partial charge on any atom is 0.266 e. The molecule has 0 amide bonds. The van der Waals surface area contributed by atoms with E-state index >= 15 is 0 Å². The van der Waals surface area contributed by atoms with Crippen molar-refractivity contribution in [1.82, 2.24) is 19.1 Å². The minimum Gasteiger partial charge on any atom is -0.484 e. The third-order valence-corrected chi connectivity index (χ3v) is 7.38. The lowest BCUT2D eigenvalue weighted by Gasteiger charge is -2.33. The number of aromatic nitrogens is 4. The second-order valence-electron chi connectivity index (χ2n) is 7.30. The Balaban J connectivity index is 1.63. The van der Waals surface area contributed by atoms with Crippen LogP contribution in [0.1, 0.15) is 37.8 Å². The molecule has 0 spiro atoms. The molecule has 2 heterocycles. The Kier molecular flexibility index (Phi) is 5.22. The summed E-state index contributed by atoms with van der Waals surface area (Å²) in [4.78, 5) is 2.85. The second kappa shape index (κ2) is 7.58. The first-order chi connectivity index (χ1) is 14.2. The van der Waals surface area contributed by atoms with E-state index in [4.69, 9.17) is 4.74 Å². The van der Waals surface area contributed by atoms with Gasteiger partial charge in [-0.15, -0.1) is 0 Å². The third-order valence-electron chi connectivity index (χ3n) is 5.32. The molecule has 2 atom stereocenters. The Morgan fingerprint density at radius 1 is 1.33 bits per heavy atom. The Bertz CT molecular complexity index is 1170. The van der Waals surface area contributed by atoms with Crippen LogP contribution in [0, 0.1) is 11.6 Å². The summed E-state index contributed by atoms with van der Waals surface area (Å²) >= 11 is 0.779. The summed E-state index contributed by atoms with van der Waals surface area (Å²) in [5.74, 6) is -2.48. The van der Waals surface area contributed by atoms with Crippen LogP contribution in [0.3, 0.4) is 0 Å². The highest BCUT2D eigenvalue weighted by Crippen LogP contribution is 2.46. The number of halogens is 2. The lowest BCUT2D eigenvalue weighted by atomic mass is 9.89. The van der Waals surface area contributed by atoms with E-state index in [1.165, 1.54) is 0 Å². The van der Waals surface area contributed by atoms with Crippen LogP contribution in [0.2, 0.25) is 0 Å². The zero-order chi connectivity index (χ0) is 21.5. The van der Waals surface area contributed by atoms with E-state index in [0.717, 1.165) is 42.5 Å². The van der Waals surface area contributed by atoms with E-state index in [2.05, 4.69) is 19.2 Å². The summed E-state index contributed by atoms with van der Waals surface area (Å²) in [5.41, 5.74) is 0.156. The van der Waals surface area contributed by atoms with Gasteiger partial charge in [0.25, 0.3) is 10.0 Å². The van der Waals surface area contributed by atoms with Crippen LogP contribution in [-0.4, -0.2) is 33.2 Å². The number of aryl methyl sites for hydroxylation is 1. The van der Waals surface area contributed by atoms with Crippen molar-refractivity contribution in [3.05, 3.63) is 48.1 Å². The van der Waals surface area contributed by atoms with Crippen molar-refractivity contribution in [1.29, 1.82) is 0 Å². The lowest BCUT2D eigenvalue weighted by molar-refractivity contribution is 0.0699. The van der Waals surface area contributed by atoms with Crippen molar-refractivity contribution in [2.75, 3.05) is 4.72 Å². The molecule has 0 unspecified atom stereocenters. The molecule has 12 heteroatoms. The summed E-state index contributed by atoms with van der Waals surface area (Å²) in [6.07, 6.45) is 5.14. The number of anilines is 1. The quantitative estimate of drug-likeness (QED) is 0.611. The van der Waals surface area contributed by atoms with Gasteiger partial charge < -0.3 is 4.74 Å². The van der Waals surface area contributed by atoms with Crippen LogP contribution in [0.5, 0.6) is 5.75 Å². The van der Waals surface area contributed by atoms with Crippen LogP contribution < -0.4 is 9.46 Å². The van der Waals surface area contributed by atoms with Gasteiger partial charge in [0.05, 0.1) is 0 Å². The molecule has 1 saturated carbocycles. The van der Waals surface area contributed by atoms with Gasteiger partial charge in [-0.3, -0.25) is 9.40 Å².